The fourth-order valence-corrected chi connectivity index (χ4v) is 2.80. The Morgan fingerprint density at radius 2 is 1.73 bits per heavy atom. The Balaban J connectivity index is 1.91. The van der Waals surface area contributed by atoms with Crippen LogP contribution in [0.4, 0.5) is 0 Å². The summed E-state index contributed by atoms with van der Waals surface area (Å²) in [6.45, 7) is 11.9. The van der Waals surface area contributed by atoms with Crippen molar-refractivity contribution in [3.63, 3.8) is 0 Å². The molecule has 2 saturated heterocycles. The molecule has 0 atom stereocenters. The highest BCUT2D eigenvalue weighted by Crippen LogP contribution is 2.36. The average molecular weight is 301 g/mol. The highest BCUT2D eigenvalue weighted by Gasteiger charge is 2.52. The van der Waals surface area contributed by atoms with Crippen LogP contribution in [0.5, 0.6) is 0 Å². The first-order chi connectivity index (χ1) is 10.2. The van der Waals surface area contributed by atoms with Gasteiger partial charge in [-0.3, -0.25) is 4.79 Å². The highest BCUT2D eigenvalue weighted by atomic mass is 16.7. The van der Waals surface area contributed by atoms with Gasteiger partial charge in [0.2, 0.25) is 0 Å². The highest BCUT2D eigenvalue weighted by molar-refractivity contribution is 6.62. The van der Waals surface area contributed by atoms with Crippen LogP contribution >= 0.6 is 0 Å². The summed E-state index contributed by atoms with van der Waals surface area (Å²) in [5.41, 5.74) is 1.92. The number of amides is 1. The van der Waals surface area contributed by atoms with E-state index >= 15 is 0 Å². The second-order valence-electron chi connectivity index (χ2n) is 7.25. The first-order valence-corrected chi connectivity index (χ1v) is 7.97. The molecule has 22 heavy (non-hydrogen) atoms. The van der Waals surface area contributed by atoms with E-state index in [1.54, 1.807) is 0 Å². The molecule has 1 aromatic carbocycles. The van der Waals surface area contributed by atoms with E-state index in [0.29, 0.717) is 0 Å². The molecule has 1 amide bonds. The lowest BCUT2D eigenvalue weighted by molar-refractivity contribution is 0.00578. The van der Waals surface area contributed by atoms with Crippen LogP contribution in [0.15, 0.2) is 18.2 Å². The summed E-state index contributed by atoms with van der Waals surface area (Å²) >= 11 is 0. The van der Waals surface area contributed by atoms with Gasteiger partial charge in [-0.05, 0) is 58.1 Å². The van der Waals surface area contributed by atoms with Gasteiger partial charge in [0, 0.05) is 18.7 Å². The van der Waals surface area contributed by atoms with E-state index < -0.39 is 7.12 Å². The molecule has 0 spiro atoms. The smallest absolute Gasteiger partial charge is 0.399 e. The van der Waals surface area contributed by atoms with Gasteiger partial charge in [-0.25, -0.2) is 0 Å². The van der Waals surface area contributed by atoms with E-state index in [2.05, 4.69) is 0 Å². The van der Waals surface area contributed by atoms with E-state index in [4.69, 9.17) is 9.31 Å². The van der Waals surface area contributed by atoms with Crippen molar-refractivity contribution in [2.45, 2.75) is 52.2 Å². The van der Waals surface area contributed by atoms with Crippen LogP contribution in [-0.4, -0.2) is 42.2 Å². The van der Waals surface area contributed by atoms with Gasteiger partial charge in [0.05, 0.1) is 11.2 Å². The average Bonchev–Trinajstić information content (AvgIpc) is 2.56. The minimum atomic E-state index is -0.422. The lowest BCUT2D eigenvalue weighted by Crippen LogP contribution is -2.43. The molecule has 0 N–H and O–H groups in total. The molecule has 0 bridgehead atoms. The van der Waals surface area contributed by atoms with Gasteiger partial charge >= 0.3 is 7.12 Å². The summed E-state index contributed by atoms with van der Waals surface area (Å²) in [6, 6.07) is 5.80. The fraction of sp³-hybridized carbons (Fsp3) is 0.588. The molecule has 0 radical (unpaired) electrons. The predicted molar refractivity (Wildman–Crippen MR) is 87.4 cm³/mol. The maximum atomic E-state index is 12.5. The zero-order valence-electron chi connectivity index (χ0n) is 14.1. The number of carbonyl (C=O) groups excluding carboxylic acids is 1. The van der Waals surface area contributed by atoms with E-state index in [9.17, 15) is 4.79 Å². The van der Waals surface area contributed by atoms with E-state index in [0.717, 1.165) is 36.1 Å². The minimum Gasteiger partial charge on any atom is -0.399 e. The molecule has 0 saturated carbocycles. The number of likely N-dealkylation sites (tertiary alicyclic amines) is 1. The van der Waals surface area contributed by atoms with Crippen molar-refractivity contribution in [1.29, 1.82) is 0 Å². The molecule has 5 heteroatoms. The summed E-state index contributed by atoms with van der Waals surface area (Å²) in [5, 5.41) is 0. The molecule has 3 rings (SSSR count). The molecule has 2 aliphatic rings. The fourth-order valence-electron chi connectivity index (χ4n) is 2.80. The summed E-state index contributed by atoms with van der Waals surface area (Å²) < 4.78 is 12.2. The summed E-state index contributed by atoms with van der Waals surface area (Å²) in [7, 11) is -0.422. The zero-order valence-corrected chi connectivity index (χ0v) is 14.1. The van der Waals surface area contributed by atoms with E-state index in [1.165, 1.54) is 0 Å². The second kappa shape index (κ2) is 5.10. The Labute approximate surface area is 132 Å². The SMILES string of the molecule is Cc1c(B2OC(C)(C)C(C)(C)O2)cccc1C(=O)N1CCC1. The van der Waals surface area contributed by atoms with Crippen molar-refractivity contribution < 1.29 is 14.1 Å². The van der Waals surface area contributed by atoms with Gasteiger partial charge in [0.25, 0.3) is 5.91 Å². The van der Waals surface area contributed by atoms with Crippen LogP contribution in [0, 0.1) is 6.92 Å². The quantitative estimate of drug-likeness (QED) is 0.786. The Morgan fingerprint density at radius 1 is 1.14 bits per heavy atom. The van der Waals surface area contributed by atoms with E-state index in [1.807, 2.05) is 57.7 Å². The van der Waals surface area contributed by atoms with Crippen LogP contribution in [0.25, 0.3) is 0 Å². The third kappa shape index (κ3) is 2.36. The van der Waals surface area contributed by atoms with Gasteiger partial charge in [0.1, 0.15) is 0 Å². The Bertz CT molecular complexity index is 592. The molecule has 118 valence electrons. The summed E-state index contributed by atoms with van der Waals surface area (Å²) in [4.78, 5) is 14.4. The number of hydrogen-bond donors (Lipinski definition) is 0. The van der Waals surface area contributed by atoms with Gasteiger partial charge in [-0.1, -0.05) is 12.1 Å². The number of nitrogens with zero attached hydrogens (tertiary/aromatic N) is 1. The molecule has 0 aromatic heterocycles. The molecule has 2 heterocycles. The third-order valence-corrected chi connectivity index (χ3v) is 5.26. The summed E-state index contributed by atoms with van der Waals surface area (Å²) in [6.07, 6.45) is 1.10. The Kier molecular flexibility index (Phi) is 3.61. The third-order valence-electron chi connectivity index (χ3n) is 5.26. The predicted octanol–water partition coefficient (Wildman–Crippen LogP) is 2.14. The Hall–Kier alpha value is -1.33. The van der Waals surface area contributed by atoms with Crippen molar-refractivity contribution >= 4 is 18.5 Å². The maximum absolute atomic E-state index is 12.5. The van der Waals surface area contributed by atoms with Gasteiger partial charge in [-0.2, -0.15) is 0 Å². The van der Waals surface area contributed by atoms with Crippen LogP contribution < -0.4 is 5.46 Å². The molecular weight excluding hydrogens is 277 g/mol. The molecule has 2 aliphatic heterocycles. The van der Waals surface area contributed by atoms with Crippen molar-refractivity contribution in [2.75, 3.05) is 13.1 Å². The van der Waals surface area contributed by atoms with Crippen LogP contribution in [-0.2, 0) is 9.31 Å². The number of hydrogen-bond acceptors (Lipinski definition) is 3. The van der Waals surface area contributed by atoms with Crippen LogP contribution in [0.1, 0.15) is 50.0 Å². The zero-order chi connectivity index (χ0) is 16.1. The van der Waals surface area contributed by atoms with Crippen molar-refractivity contribution in [2.24, 2.45) is 0 Å². The van der Waals surface area contributed by atoms with Crippen LogP contribution in [0.2, 0.25) is 0 Å². The van der Waals surface area contributed by atoms with Crippen LogP contribution in [0.3, 0.4) is 0 Å². The van der Waals surface area contributed by atoms with Crippen molar-refractivity contribution in [1.82, 2.24) is 4.90 Å². The number of rotatable bonds is 2. The van der Waals surface area contributed by atoms with Gasteiger partial charge in [-0.15, -0.1) is 0 Å². The second-order valence-corrected chi connectivity index (χ2v) is 7.25. The molecule has 4 nitrogen and oxygen atoms in total. The standard InChI is InChI=1S/C17H24BNO3/c1-12-13(15(20)19-10-7-11-19)8-6-9-14(12)18-21-16(2,3)17(4,5)22-18/h6,8-9H,7,10-11H2,1-5H3. The lowest BCUT2D eigenvalue weighted by atomic mass is 9.75. The van der Waals surface area contributed by atoms with Crippen molar-refractivity contribution in [3.8, 4) is 0 Å². The first-order valence-electron chi connectivity index (χ1n) is 7.97. The molecule has 2 fully saturated rings. The van der Waals surface area contributed by atoms with Gasteiger partial charge < -0.3 is 14.2 Å². The minimum absolute atomic E-state index is 0.113. The maximum Gasteiger partial charge on any atom is 0.495 e. The van der Waals surface area contributed by atoms with E-state index in [-0.39, 0.29) is 17.1 Å². The molecule has 0 aliphatic carbocycles. The first kappa shape index (κ1) is 15.6. The molecular formula is C17H24BNO3. The number of benzene rings is 1. The largest absolute Gasteiger partial charge is 0.495 e. The Morgan fingerprint density at radius 3 is 2.23 bits per heavy atom. The van der Waals surface area contributed by atoms with Gasteiger partial charge in [0.15, 0.2) is 0 Å². The normalized spacial score (nSPS) is 22.6. The molecule has 0 unspecified atom stereocenters. The monoisotopic (exact) mass is 301 g/mol. The number of carbonyl (C=O) groups is 1. The topological polar surface area (TPSA) is 38.8 Å². The van der Waals surface area contributed by atoms with Crippen molar-refractivity contribution in [3.05, 3.63) is 29.3 Å². The lowest BCUT2D eigenvalue weighted by Gasteiger charge is -2.32. The summed E-state index contributed by atoms with van der Waals surface area (Å²) in [5.74, 6) is 0.113. The molecule has 1 aromatic rings.